The molecule has 0 saturated carbocycles. The van der Waals surface area contributed by atoms with E-state index in [-0.39, 0.29) is 0 Å². The van der Waals surface area contributed by atoms with Crippen LogP contribution in [0.25, 0.3) is 5.57 Å². The van der Waals surface area contributed by atoms with Crippen LogP contribution >= 0.6 is 0 Å². The maximum Gasteiger partial charge on any atom is 0.333 e. The van der Waals surface area contributed by atoms with Crippen LogP contribution in [0.3, 0.4) is 0 Å². The number of carbonyl (C=O) groups excluding carboxylic acids is 1. The summed E-state index contributed by atoms with van der Waals surface area (Å²) in [6.07, 6.45) is 0.907. The molecular weight excluding hydrogens is 234 g/mol. The van der Waals surface area contributed by atoms with Crippen molar-refractivity contribution >= 4 is 11.5 Å². The lowest BCUT2D eigenvalue weighted by Gasteiger charge is -2.09. The number of rotatable bonds is 5. The molecule has 96 valence electrons. The van der Waals surface area contributed by atoms with Gasteiger partial charge in [-0.3, -0.25) is 0 Å². The van der Waals surface area contributed by atoms with Crippen molar-refractivity contribution in [2.45, 2.75) is 12.7 Å². The monoisotopic (exact) mass is 249 g/mol. The summed E-state index contributed by atoms with van der Waals surface area (Å²) in [5, 5.41) is 9.50. The van der Waals surface area contributed by atoms with Gasteiger partial charge in [-0.25, -0.2) is 4.79 Å². The highest BCUT2D eigenvalue weighted by atomic mass is 16.6. The molecule has 1 aromatic carbocycles. The number of hydrogen-bond donors (Lipinski definition) is 2. The molecule has 18 heavy (non-hydrogen) atoms. The molecule has 1 heterocycles. The van der Waals surface area contributed by atoms with Gasteiger partial charge < -0.3 is 20.3 Å². The number of hydrogen-bond acceptors (Lipinski definition) is 5. The average Bonchev–Trinajstić information content (AvgIpc) is 2.70. The number of nitrogens with two attached hydrogens (primary N) is 1. The van der Waals surface area contributed by atoms with E-state index < -0.39 is 12.3 Å². The number of benzene rings is 1. The molecule has 0 aromatic heterocycles. The minimum atomic E-state index is -1.18. The molecule has 3 N–H and O–H groups in total. The van der Waals surface area contributed by atoms with Crippen molar-refractivity contribution in [1.29, 1.82) is 0 Å². The number of aliphatic hydroxyl groups excluding tert-OH is 1. The standard InChI is InChI=1S/C13H15NO4/c14-6-1-7-17-10-4-2-9(3-5-10)11-8-12(15)18-13(11)16/h2-5,8,13,16H,1,6-7,14H2. The first kappa shape index (κ1) is 12.6. The van der Waals surface area contributed by atoms with Crippen LogP contribution in [0, 0.1) is 0 Å². The molecule has 0 radical (unpaired) electrons. The number of ether oxygens (including phenoxy) is 2. The Morgan fingerprint density at radius 3 is 2.61 bits per heavy atom. The van der Waals surface area contributed by atoms with E-state index in [0.29, 0.717) is 18.7 Å². The van der Waals surface area contributed by atoms with Crippen LogP contribution in [0.1, 0.15) is 12.0 Å². The summed E-state index contributed by atoms with van der Waals surface area (Å²) < 4.78 is 10.1. The van der Waals surface area contributed by atoms with Gasteiger partial charge in [0, 0.05) is 11.6 Å². The normalized spacial score (nSPS) is 18.4. The molecule has 0 saturated heterocycles. The number of carbonyl (C=O) groups is 1. The van der Waals surface area contributed by atoms with Gasteiger partial charge in [0.1, 0.15) is 5.75 Å². The van der Waals surface area contributed by atoms with Crippen molar-refractivity contribution in [1.82, 2.24) is 0 Å². The van der Waals surface area contributed by atoms with Gasteiger partial charge in [0.05, 0.1) is 6.61 Å². The van der Waals surface area contributed by atoms with Gasteiger partial charge in [-0.2, -0.15) is 0 Å². The summed E-state index contributed by atoms with van der Waals surface area (Å²) in [7, 11) is 0. The molecule has 0 spiro atoms. The van der Waals surface area contributed by atoms with Gasteiger partial charge in [0.25, 0.3) is 0 Å². The zero-order valence-electron chi connectivity index (χ0n) is 9.83. The van der Waals surface area contributed by atoms with Crippen molar-refractivity contribution in [2.75, 3.05) is 13.2 Å². The highest BCUT2D eigenvalue weighted by Gasteiger charge is 2.24. The third-order valence-electron chi connectivity index (χ3n) is 2.57. The fourth-order valence-electron chi connectivity index (χ4n) is 1.65. The SMILES string of the molecule is NCCCOc1ccc(C2=CC(=O)OC2O)cc1. The minimum Gasteiger partial charge on any atom is -0.494 e. The molecule has 0 bridgehead atoms. The lowest BCUT2D eigenvalue weighted by molar-refractivity contribution is -0.149. The van der Waals surface area contributed by atoms with Crippen LogP contribution in [0.15, 0.2) is 30.3 Å². The second kappa shape index (κ2) is 5.66. The molecule has 5 nitrogen and oxygen atoms in total. The molecule has 0 aliphatic carbocycles. The third kappa shape index (κ3) is 2.88. The molecule has 1 aliphatic heterocycles. The molecule has 5 heteroatoms. The van der Waals surface area contributed by atoms with Crippen LogP contribution in [0.4, 0.5) is 0 Å². The molecular formula is C13H15NO4. The van der Waals surface area contributed by atoms with Crippen molar-refractivity contribution in [3.8, 4) is 5.75 Å². The molecule has 1 aromatic rings. The van der Waals surface area contributed by atoms with Gasteiger partial charge in [-0.1, -0.05) is 12.1 Å². The summed E-state index contributed by atoms with van der Waals surface area (Å²) in [6, 6.07) is 7.11. The Bertz CT molecular complexity index is 453. The van der Waals surface area contributed by atoms with Crippen LogP contribution in [0.2, 0.25) is 0 Å². The van der Waals surface area contributed by atoms with E-state index in [1.807, 2.05) is 0 Å². The second-order valence-electron chi connectivity index (χ2n) is 3.90. The Hall–Kier alpha value is -1.85. The zero-order chi connectivity index (χ0) is 13.0. The van der Waals surface area contributed by atoms with Crippen LogP contribution in [-0.4, -0.2) is 30.5 Å². The maximum absolute atomic E-state index is 11.0. The maximum atomic E-state index is 11.0. The first-order chi connectivity index (χ1) is 8.70. The van der Waals surface area contributed by atoms with Gasteiger partial charge >= 0.3 is 5.97 Å². The molecule has 0 fully saturated rings. The Balaban J connectivity index is 2.04. The van der Waals surface area contributed by atoms with Crippen LogP contribution in [-0.2, 0) is 9.53 Å². The number of aliphatic hydroxyl groups is 1. The Kier molecular flexibility index (Phi) is 3.96. The summed E-state index contributed by atoms with van der Waals surface area (Å²) in [4.78, 5) is 11.0. The number of esters is 1. The fraction of sp³-hybridized carbons (Fsp3) is 0.308. The lowest BCUT2D eigenvalue weighted by atomic mass is 10.1. The van der Waals surface area contributed by atoms with Crippen molar-refractivity contribution in [3.63, 3.8) is 0 Å². The summed E-state index contributed by atoms with van der Waals surface area (Å²) in [6.45, 7) is 1.17. The quantitative estimate of drug-likeness (QED) is 0.592. The molecule has 0 amide bonds. The van der Waals surface area contributed by atoms with E-state index >= 15 is 0 Å². The Labute approximate surface area is 105 Å². The average molecular weight is 249 g/mol. The highest BCUT2D eigenvalue weighted by molar-refractivity contribution is 5.96. The van der Waals surface area contributed by atoms with Gasteiger partial charge in [0.15, 0.2) is 0 Å². The van der Waals surface area contributed by atoms with E-state index in [4.69, 9.17) is 10.5 Å². The predicted molar refractivity (Wildman–Crippen MR) is 65.7 cm³/mol. The minimum absolute atomic E-state index is 0.466. The Morgan fingerprint density at radius 1 is 1.33 bits per heavy atom. The molecule has 1 unspecified atom stereocenters. The summed E-state index contributed by atoms with van der Waals surface area (Å²) in [5.41, 5.74) is 6.57. The van der Waals surface area contributed by atoms with Crippen molar-refractivity contribution in [2.24, 2.45) is 5.73 Å². The third-order valence-corrected chi connectivity index (χ3v) is 2.57. The van der Waals surface area contributed by atoms with E-state index in [9.17, 15) is 9.90 Å². The predicted octanol–water partition coefficient (Wildman–Crippen LogP) is 0.673. The molecule has 1 atom stereocenters. The lowest BCUT2D eigenvalue weighted by Crippen LogP contribution is -2.09. The van der Waals surface area contributed by atoms with Gasteiger partial charge in [-0.15, -0.1) is 0 Å². The first-order valence-corrected chi connectivity index (χ1v) is 5.74. The van der Waals surface area contributed by atoms with E-state index in [2.05, 4.69) is 4.74 Å². The van der Waals surface area contributed by atoms with Crippen molar-refractivity contribution < 1.29 is 19.4 Å². The molecule has 2 rings (SSSR count). The van der Waals surface area contributed by atoms with Gasteiger partial charge in [0.2, 0.25) is 6.29 Å². The Morgan fingerprint density at radius 2 is 2.06 bits per heavy atom. The van der Waals surface area contributed by atoms with Crippen LogP contribution < -0.4 is 10.5 Å². The highest BCUT2D eigenvalue weighted by Crippen LogP contribution is 2.26. The summed E-state index contributed by atoms with van der Waals surface area (Å²) >= 11 is 0. The molecule has 1 aliphatic rings. The van der Waals surface area contributed by atoms with Crippen molar-refractivity contribution in [3.05, 3.63) is 35.9 Å². The fourth-order valence-corrected chi connectivity index (χ4v) is 1.65. The van der Waals surface area contributed by atoms with E-state index in [1.165, 1.54) is 6.08 Å². The summed E-state index contributed by atoms with van der Waals surface area (Å²) in [5.74, 6) is 0.202. The topological polar surface area (TPSA) is 81.8 Å². The zero-order valence-corrected chi connectivity index (χ0v) is 9.83. The largest absolute Gasteiger partial charge is 0.494 e. The van der Waals surface area contributed by atoms with Crippen LogP contribution in [0.5, 0.6) is 5.75 Å². The van der Waals surface area contributed by atoms with E-state index in [1.54, 1.807) is 24.3 Å². The van der Waals surface area contributed by atoms with E-state index in [0.717, 1.165) is 17.7 Å². The first-order valence-electron chi connectivity index (χ1n) is 5.74. The number of cyclic esters (lactones) is 1. The van der Waals surface area contributed by atoms with Gasteiger partial charge in [-0.05, 0) is 30.7 Å². The second-order valence-corrected chi connectivity index (χ2v) is 3.90. The smallest absolute Gasteiger partial charge is 0.333 e.